The first-order chi connectivity index (χ1) is 11.5. The molecule has 0 aliphatic carbocycles. The molecule has 2 aromatic heterocycles. The number of carboxylic acid groups (broad SMARTS) is 1. The molecule has 3 aromatic rings. The number of halogens is 1. The number of aromatic nitrogens is 3. The lowest BCUT2D eigenvalue weighted by Crippen LogP contribution is -2.25. The molecule has 24 heavy (non-hydrogen) atoms. The highest BCUT2D eigenvalue weighted by Gasteiger charge is 2.12. The van der Waals surface area contributed by atoms with Gasteiger partial charge in [-0.15, -0.1) is 5.10 Å². The molecular weight excluding hydrogens is 380 g/mol. The summed E-state index contributed by atoms with van der Waals surface area (Å²) in [5.74, 6) is -1.07. The summed E-state index contributed by atoms with van der Waals surface area (Å²) in [4.78, 5) is 22.7. The van der Waals surface area contributed by atoms with Crippen LogP contribution in [0.15, 0.2) is 39.4 Å². The van der Waals surface area contributed by atoms with Crippen molar-refractivity contribution in [2.75, 3.05) is 6.54 Å². The predicted octanol–water partition coefficient (Wildman–Crippen LogP) is 1.84. The molecule has 2 N–H and O–H groups in total. The second-order valence-electron chi connectivity index (χ2n) is 5.10. The van der Waals surface area contributed by atoms with Gasteiger partial charge in [0.2, 0.25) is 0 Å². The van der Waals surface area contributed by atoms with Crippen molar-refractivity contribution in [3.05, 3.63) is 46.4 Å². The number of furan rings is 1. The van der Waals surface area contributed by atoms with E-state index in [4.69, 9.17) is 9.52 Å². The quantitative estimate of drug-likeness (QED) is 0.662. The minimum atomic E-state index is -0.990. The smallest absolute Gasteiger partial charge is 0.325 e. The van der Waals surface area contributed by atoms with Gasteiger partial charge in [0.05, 0.1) is 5.69 Å². The third kappa shape index (κ3) is 3.80. The first kappa shape index (κ1) is 16.2. The van der Waals surface area contributed by atoms with Crippen LogP contribution in [0.2, 0.25) is 0 Å². The van der Waals surface area contributed by atoms with Crippen LogP contribution in [0.4, 0.5) is 0 Å². The highest BCUT2D eigenvalue weighted by atomic mass is 79.9. The Morgan fingerprint density at radius 3 is 2.96 bits per heavy atom. The summed E-state index contributed by atoms with van der Waals surface area (Å²) >= 11 is 3.35. The van der Waals surface area contributed by atoms with E-state index < -0.39 is 5.97 Å². The molecule has 124 valence electrons. The van der Waals surface area contributed by atoms with E-state index in [0.717, 1.165) is 9.86 Å². The molecule has 0 atom stereocenters. The molecule has 0 spiro atoms. The molecule has 0 saturated heterocycles. The number of hydrogen-bond donors (Lipinski definition) is 2. The van der Waals surface area contributed by atoms with Gasteiger partial charge < -0.3 is 14.8 Å². The van der Waals surface area contributed by atoms with Crippen LogP contribution in [0, 0.1) is 0 Å². The van der Waals surface area contributed by atoms with Crippen LogP contribution >= 0.6 is 15.9 Å². The molecule has 8 nitrogen and oxygen atoms in total. The normalized spacial score (nSPS) is 10.9. The van der Waals surface area contributed by atoms with Crippen LogP contribution < -0.4 is 5.32 Å². The summed E-state index contributed by atoms with van der Waals surface area (Å²) in [6.45, 7) is 0.0965. The average Bonchev–Trinajstić information content (AvgIpc) is 3.12. The third-order valence-corrected chi connectivity index (χ3v) is 3.75. The number of fused-ring (bicyclic) bond motifs is 1. The average molecular weight is 393 g/mol. The molecule has 1 aromatic carbocycles. The van der Waals surface area contributed by atoms with Gasteiger partial charge in [0.25, 0.3) is 5.91 Å². The van der Waals surface area contributed by atoms with Gasteiger partial charge in [-0.25, -0.2) is 4.68 Å². The maximum atomic E-state index is 12.1. The van der Waals surface area contributed by atoms with E-state index in [2.05, 4.69) is 31.6 Å². The van der Waals surface area contributed by atoms with Gasteiger partial charge in [-0.2, -0.15) is 0 Å². The number of benzene rings is 1. The number of nitrogens with one attached hydrogen (secondary N) is 1. The van der Waals surface area contributed by atoms with Crippen LogP contribution in [0.5, 0.6) is 0 Å². The van der Waals surface area contributed by atoms with E-state index >= 15 is 0 Å². The lowest BCUT2D eigenvalue weighted by molar-refractivity contribution is -0.137. The number of aliphatic carboxylic acids is 1. The van der Waals surface area contributed by atoms with E-state index in [-0.39, 0.29) is 18.2 Å². The maximum Gasteiger partial charge on any atom is 0.325 e. The highest BCUT2D eigenvalue weighted by Crippen LogP contribution is 2.23. The Balaban J connectivity index is 1.56. The Morgan fingerprint density at radius 1 is 1.33 bits per heavy atom. The summed E-state index contributed by atoms with van der Waals surface area (Å²) in [5, 5.41) is 19.8. The molecule has 0 bridgehead atoms. The summed E-state index contributed by atoms with van der Waals surface area (Å²) < 4.78 is 7.63. The molecule has 3 rings (SSSR count). The molecule has 1 amide bonds. The molecular formula is C15H13BrN4O4. The Hall–Kier alpha value is -2.68. The van der Waals surface area contributed by atoms with Gasteiger partial charge in [-0.05, 0) is 24.3 Å². The second-order valence-corrected chi connectivity index (χ2v) is 6.02. The van der Waals surface area contributed by atoms with Crippen molar-refractivity contribution in [1.82, 2.24) is 20.3 Å². The van der Waals surface area contributed by atoms with Crippen molar-refractivity contribution in [3.8, 4) is 0 Å². The molecule has 0 fully saturated rings. The minimum absolute atomic E-state index is 0.234. The number of carbonyl (C=O) groups excluding carboxylic acids is 1. The number of nitrogens with zero attached hydrogens (tertiary/aromatic N) is 3. The lowest BCUT2D eigenvalue weighted by Gasteiger charge is -2.00. The second kappa shape index (κ2) is 6.83. The van der Waals surface area contributed by atoms with E-state index in [1.54, 1.807) is 18.3 Å². The van der Waals surface area contributed by atoms with E-state index in [9.17, 15) is 9.59 Å². The Bertz CT molecular complexity index is 902. The molecule has 0 aliphatic heterocycles. The van der Waals surface area contributed by atoms with Crippen molar-refractivity contribution in [1.29, 1.82) is 0 Å². The monoisotopic (exact) mass is 392 g/mol. The van der Waals surface area contributed by atoms with Crippen LogP contribution in [0.1, 0.15) is 16.2 Å². The van der Waals surface area contributed by atoms with Gasteiger partial charge in [-0.3, -0.25) is 9.59 Å². The number of rotatable bonds is 6. The van der Waals surface area contributed by atoms with Gasteiger partial charge in [0.15, 0.2) is 5.76 Å². The van der Waals surface area contributed by atoms with Crippen molar-refractivity contribution in [2.45, 2.75) is 13.0 Å². The van der Waals surface area contributed by atoms with Crippen molar-refractivity contribution in [2.24, 2.45) is 0 Å². The SMILES string of the molecule is O=C(O)Cn1cc(CCNC(=O)c2cc3ccc(Br)cc3o2)nn1. The van der Waals surface area contributed by atoms with E-state index in [1.165, 1.54) is 4.68 Å². The zero-order chi connectivity index (χ0) is 17.1. The van der Waals surface area contributed by atoms with Crippen LogP contribution in [-0.2, 0) is 17.8 Å². The van der Waals surface area contributed by atoms with E-state index in [0.29, 0.717) is 24.2 Å². The van der Waals surface area contributed by atoms with Crippen LogP contribution in [0.25, 0.3) is 11.0 Å². The first-order valence-electron chi connectivity index (χ1n) is 7.09. The van der Waals surface area contributed by atoms with Crippen LogP contribution in [0.3, 0.4) is 0 Å². The van der Waals surface area contributed by atoms with Crippen molar-refractivity contribution in [3.63, 3.8) is 0 Å². The largest absolute Gasteiger partial charge is 0.480 e. The number of amides is 1. The van der Waals surface area contributed by atoms with Gasteiger partial charge in [0, 0.05) is 29.0 Å². The Morgan fingerprint density at radius 2 is 2.17 bits per heavy atom. The lowest BCUT2D eigenvalue weighted by atomic mass is 10.2. The fraction of sp³-hybridized carbons (Fsp3) is 0.200. The zero-order valence-electron chi connectivity index (χ0n) is 12.4. The van der Waals surface area contributed by atoms with Crippen molar-refractivity contribution < 1.29 is 19.1 Å². The summed E-state index contributed by atoms with van der Waals surface area (Å²) in [6.07, 6.45) is 1.98. The standard InChI is InChI=1S/C15H13BrN4O4/c16-10-2-1-9-5-13(24-12(9)6-10)15(23)17-4-3-11-7-20(19-18-11)8-14(21)22/h1-2,5-7H,3-4,8H2,(H,17,23)(H,21,22). The fourth-order valence-corrected chi connectivity index (χ4v) is 2.52. The minimum Gasteiger partial charge on any atom is -0.480 e. The summed E-state index contributed by atoms with van der Waals surface area (Å²) in [6, 6.07) is 7.22. The zero-order valence-corrected chi connectivity index (χ0v) is 14.0. The Labute approximate surface area is 144 Å². The summed E-state index contributed by atoms with van der Waals surface area (Å²) in [7, 11) is 0. The molecule has 0 radical (unpaired) electrons. The van der Waals surface area contributed by atoms with E-state index in [1.807, 2.05) is 12.1 Å². The molecule has 9 heteroatoms. The predicted molar refractivity (Wildman–Crippen MR) is 87.6 cm³/mol. The fourth-order valence-electron chi connectivity index (χ4n) is 2.18. The maximum absolute atomic E-state index is 12.1. The third-order valence-electron chi connectivity index (χ3n) is 3.26. The Kier molecular flexibility index (Phi) is 4.61. The molecule has 0 aliphatic rings. The first-order valence-corrected chi connectivity index (χ1v) is 7.88. The number of carbonyl (C=O) groups is 2. The van der Waals surface area contributed by atoms with Gasteiger partial charge in [-0.1, -0.05) is 21.1 Å². The molecule has 0 saturated carbocycles. The van der Waals surface area contributed by atoms with Gasteiger partial charge in [0.1, 0.15) is 12.1 Å². The number of hydrogen-bond acceptors (Lipinski definition) is 5. The van der Waals surface area contributed by atoms with Gasteiger partial charge >= 0.3 is 5.97 Å². The highest BCUT2D eigenvalue weighted by molar-refractivity contribution is 9.10. The van der Waals surface area contributed by atoms with Crippen LogP contribution in [-0.4, -0.2) is 38.5 Å². The number of carboxylic acids is 1. The summed E-state index contributed by atoms with van der Waals surface area (Å²) in [5.41, 5.74) is 1.23. The topological polar surface area (TPSA) is 110 Å². The molecule has 2 heterocycles. The molecule has 0 unspecified atom stereocenters. The van der Waals surface area contributed by atoms with Crippen molar-refractivity contribution >= 4 is 38.8 Å².